The summed E-state index contributed by atoms with van der Waals surface area (Å²) >= 11 is 0. The third-order valence-corrected chi connectivity index (χ3v) is 3.95. The second kappa shape index (κ2) is 5.36. The van der Waals surface area contributed by atoms with Gasteiger partial charge in [-0.2, -0.15) is 13.2 Å². The predicted molar refractivity (Wildman–Crippen MR) is 69.5 cm³/mol. The van der Waals surface area contributed by atoms with Crippen molar-refractivity contribution in [1.82, 2.24) is 5.06 Å². The van der Waals surface area contributed by atoms with Crippen LogP contribution in [0.25, 0.3) is 0 Å². The summed E-state index contributed by atoms with van der Waals surface area (Å²) in [6.45, 7) is 0. The van der Waals surface area contributed by atoms with Crippen LogP contribution in [0.1, 0.15) is 36.3 Å². The van der Waals surface area contributed by atoms with Gasteiger partial charge in [0.25, 0.3) is 11.8 Å². The fraction of sp³-hybridized carbons (Fsp3) is 0.400. The zero-order valence-electron chi connectivity index (χ0n) is 11.8. The summed E-state index contributed by atoms with van der Waals surface area (Å²) in [5, 5.41) is 0.477. The second-order valence-corrected chi connectivity index (χ2v) is 5.56. The van der Waals surface area contributed by atoms with E-state index in [-0.39, 0.29) is 18.8 Å². The van der Waals surface area contributed by atoms with Crippen LogP contribution in [0, 0.1) is 5.92 Å². The van der Waals surface area contributed by atoms with E-state index in [1.165, 1.54) is 12.1 Å². The minimum Gasteiger partial charge on any atom is -0.330 e. The van der Waals surface area contributed by atoms with E-state index in [1.807, 2.05) is 0 Å². The number of nitrogens with zero attached hydrogens (tertiary/aromatic N) is 1. The van der Waals surface area contributed by atoms with E-state index >= 15 is 0 Å². The van der Waals surface area contributed by atoms with Crippen molar-refractivity contribution in [2.24, 2.45) is 5.92 Å². The summed E-state index contributed by atoms with van der Waals surface area (Å²) in [5.41, 5.74) is -0.159. The van der Waals surface area contributed by atoms with Crippen LogP contribution in [0.4, 0.5) is 13.2 Å². The Bertz CT molecular complexity index is 652. The number of hydroxylamine groups is 2. The minimum atomic E-state index is -4.41. The highest BCUT2D eigenvalue weighted by Crippen LogP contribution is 2.48. The molecule has 2 unspecified atom stereocenters. The first-order valence-electron chi connectivity index (χ1n) is 7.02. The molecule has 1 aromatic rings. The Kier molecular flexibility index (Phi) is 3.62. The maximum atomic E-state index is 12.5. The van der Waals surface area contributed by atoms with E-state index in [9.17, 15) is 27.6 Å². The van der Waals surface area contributed by atoms with Crippen LogP contribution in [0.3, 0.4) is 0 Å². The highest BCUT2D eigenvalue weighted by Gasteiger charge is 2.47. The topological polar surface area (TPSA) is 63.7 Å². The Morgan fingerprint density at radius 3 is 2.17 bits per heavy atom. The van der Waals surface area contributed by atoms with E-state index in [4.69, 9.17) is 4.84 Å². The van der Waals surface area contributed by atoms with Crippen LogP contribution >= 0.6 is 0 Å². The van der Waals surface area contributed by atoms with Crippen molar-refractivity contribution in [3.05, 3.63) is 35.4 Å². The number of halogens is 3. The molecule has 1 aliphatic heterocycles. The highest BCUT2D eigenvalue weighted by molar-refractivity contribution is 6.01. The molecule has 1 aliphatic carbocycles. The van der Waals surface area contributed by atoms with Crippen molar-refractivity contribution < 1.29 is 32.4 Å². The molecule has 1 aromatic carbocycles. The number of amides is 2. The lowest BCUT2D eigenvalue weighted by molar-refractivity contribution is -0.198. The SMILES string of the molecule is O=C(ON1C(=O)CCC1=O)C1CC1c1ccc(C(F)(F)F)cc1. The van der Waals surface area contributed by atoms with Gasteiger partial charge in [-0.25, -0.2) is 4.79 Å². The van der Waals surface area contributed by atoms with Crippen LogP contribution in [0.2, 0.25) is 0 Å². The standard InChI is InChI=1S/C15H12F3NO4/c16-15(17,18)9-3-1-8(2-4-9)10-7-11(10)14(22)23-19-12(20)5-6-13(19)21/h1-4,10-11H,5-7H2. The lowest BCUT2D eigenvalue weighted by Crippen LogP contribution is -2.32. The summed E-state index contributed by atoms with van der Waals surface area (Å²) in [7, 11) is 0. The maximum Gasteiger partial charge on any atom is 0.416 e. The number of carbonyl (C=O) groups excluding carboxylic acids is 3. The van der Waals surface area contributed by atoms with Crippen molar-refractivity contribution >= 4 is 17.8 Å². The molecule has 0 bridgehead atoms. The molecule has 1 saturated heterocycles. The highest BCUT2D eigenvalue weighted by atomic mass is 19.4. The van der Waals surface area contributed by atoms with Gasteiger partial charge < -0.3 is 4.84 Å². The Morgan fingerprint density at radius 1 is 1.09 bits per heavy atom. The Morgan fingerprint density at radius 2 is 1.65 bits per heavy atom. The minimum absolute atomic E-state index is 0.0130. The lowest BCUT2D eigenvalue weighted by Gasteiger charge is -2.12. The maximum absolute atomic E-state index is 12.5. The molecule has 5 nitrogen and oxygen atoms in total. The van der Waals surface area contributed by atoms with Crippen molar-refractivity contribution in [3.63, 3.8) is 0 Å². The van der Waals surface area contributed by atoms with E-state index in [2.05, 4.69) is 0 Å². The third kappa shape index (κ3) is 3.06. The van der Waals surface area contributed by atoms with Gasteiger partial charge in [-0.15, -0.1) is 5.06 Å². The van der Waals surface area contributed by atoms with E-state index < -0.39 is 35.4 Å². The average molecular weight is 327 g/mol. The molecule has 1 heterocycles. The van der Waals surface area contributed by atoms with Gasteiger partial charge in [0.1, 0.15) is 0 Å². The summed E-state index contributed by atoms with van der Waals surface area (Å²) in [6.07, 6.45) is -3.96. The normalized spacial score (nSPS) is 24.0. The molecular weight excluding hydrogens is 315 g/mol. The first-order chi connectivity index (χ1) is 10.8. The number of hydrogen-bond acceptors (Lipinski definition) is 4. The first kappa shape index (κ1) is 15.5. The van der Waals surface area contributed by atoms with Crippen LogP contribution in [-0.4, -0.2) is 22.8 Å². The Balaban J connectivity index is 1.62. The van der Waals surface area contributed by atoms with E-state index in [1.54, 1.807) is 0 Å². The molecule has 8 heteroatoms. The molecular formula is C15H12F3NO4. The molecule has 0 spiro atoms. The number of rotatable bonds is 3. The van der Waals surface area contributed by atoms with Gasteiger partial charge >= 0.3 is 12.1 Å². The summed E-state index contributed by atoms with van der Waals surface area (Å²) in [5.74, 6) is -2.63. The number of imide groups is 1. The van der Waals surface area contributed by atoms with Crippen molar-refractivity contribution in [3.8, 4) is 0 Å². The smallest absolute Gasteiger partial charge is 0.330 e. The molecule has 2 fully saturated rings. The predicted octanol–water partition coefficient (Wildman–Crippen LogP) is 2.42. The number of benzene rings is 1. The van der Waals surface area contributed by atoms with Gasteiger partial charge in [-0.3, -0.25) is 9.59 Å². The molecule has 2 atom stereocenters. The van der Waals surface area contributed by atoms with Crippen molar-refractivity contribution in [2.75, 3.05) is 0 Å². The first-order valence-corrected chi connectivity index (χ1v) is 7.02. The van der Waals surface area contributed by atoms with Crippen LogP contribution < -0.4 is 0 Å². The number of carbonyl (C=O) groups is 3. The molecule has 0 aromatic heterocycles. The molecule has 2 aliphatic rings. The Labute approximate surface area is 129 Å². The van der Waals surface area contributed by atoms with Gasteiger partial charge in [0.15, 0.2) is 0 Å². The van der Waals surface area contributed by atoms with E-state index in [0.29, 0.717) is 17.0 Å². The van der Waals surface area contributed by atoms with Gasteiger partial charge in [-0.1, -0.05) is 12.1 Å². The molecule has 3 rings (SSSR count). The monoisotopic (exact) mass is 327 g/mol. The van der Waals surface area contributed by atoms with Gasteiger partial charge in [-0.05, 0) is 30.0 Å². The number of alkyl halides is 3. The molecule has 23 heavy (non-hydrogen) atoms. The fourth-order valence-corrected chi connectivity index (χ4v) is 2.56. The van der Waals surface area contributed by atoms with Crippen LogP contribution in [0.15, 0.2) is 24.3 Å². The Hall–Kier alpha value is -2.38. The second-order valence-electron chi connectivity index (χ2n) is 5.56. The zero-order chi connectivity index (χ0) is 16.8. The van der Waals surface area contributed by atoms with Crippen molar-refractivity contribution in [2.45, 2.75) is 31.4 Å². The van der Waals surface area contributed by atoms with Crippen LogP contribution in [-0.2, 0) is 25.4 Å². The van der Waals surface area contributed by atoms with Gasteiger partial charge in [0, 0.05) is 12.8 Å². The number of hydrogen-bond donors (Lipinski definition) is 0. The third-order valence-electron chi connectivity index (χ3n) is 3.95. The van der Waals surface area contributed by atoms with Gasteiger partial charge in [0.05, 0.1) is 11.5 Å². The zero-order valence-corrected chi connectivity index (χ0v) is 11.8. The lowest BCUT2D eigenvalue weighted by atomic mass is 10.1. The summed E-state index contributed by atoms with van der Waals surface area (Å²) in [6, 6.07) is 4.58. The van der Waals surface area contributed by atoms with E-state index in [0.717, 1.165) is 12.1 Å². The summed E-state index contributed by atoms with van der Waals surface area (Å²) in [4.78, 5) is 39.5. The molecule has 2 amide bonds. The fourth-order valence-electron chi connectivity index (χ4n) is 2.56. The van der Waals surface area contributed by atoms with Crippen LogP contribution in [0.5, 0.6) is 0 Å². The molecule has 122 valence electrons. The molecule has 0 radical (unpaired) electrons. The largest absolute Gasteiger partial charge is 0.416 e. The summed E-state index contributed by atoms with van der Waals surface area (Å²) < 4.78 is 37.5. The quantitative estimate of drug-likeness (QED) is 0.800. The molecule has 1 saturated carbocycles. The molecule has 0 N–H and O–H groups in total. The van der Waals surface area contributed by atoms with Crippen molar-refractivity contribution in [1.29, 1.82) is 0 Å². The average Bonchev–Trinajstić information content (AvgIpc) is 3.24. The van der Waals surface area contributed by atoms with Gasteiger partial charge in [0.2, 0.25) is 0 Å².